The molecular weight excluding hydrogens is 143 g/mol. The van der Waals surface area contributed by atoms with Gasteiger partial charge in [0.15, 0.2) is 0 Å². The summed E-state index contributed by atoms with van der Waals surface area (Å²) in [7, 11) is -2.87. The maximum atomic E-state index is 8.70. The Morgan fingerprint density at radius 2 is 1.14 bits per heavy atom. The Labute approximate surface area is 74.7 Å². The maximum Gasteiger partial charge on any atom is 2.00 e. The second-order valence-electron chi connectivity index (χ2n) is 0.253. The van der Waals surface area contributed by atoms with Crippen LogP contribution in [0.5, 0.6) is 0 Å². The Bertz CT molecular complexity index is 35.9. The summed E-state index contributed by atoms with van der Waals surface area (Å²) in [6, 6.07) is 0. The van der Waals surface area contributed by atoms with E-state index in [0.717, 1.165) is 0 Å². The van der Waals surface area contributed by atoms with Gasteiger partial charge in [0, 0.05) is 4.57 Å². The number of rotatable bonds is 0. The first-order valence-electron chi connectivity index (χ1n) is 0.583. The fourth-order valence-corrected chi connectivity index (χ4v) is 0. The van der Waals surface area contributed by atoms with Gasteiger partial charge in [-0.05, 0) is 0 Å². The van der Waals surface area contributed by atoms with Crippen molar-refractivity contribution in [2.45, 2.75) is 0 Å². The third kappa shape index (κ3) is 124. The smallest absolute Gasteiger partial charge is 0.358 e. The van der Waals surface area contributed by atoms with Gasteiger partial charge in [-0.25, -0.2) is 0 Å². The molecule has 0 amide bonds. The minimum atomic E-state index is -2.87. The molecule has 3 nitrogen and oxygen atoms in total. The first kappa shape index (κ1) is 24.0. The summed E-state index contributed by atoms with van der Waals surface area (Å²) in [4.78, 5) is 14.2. The fraction of sp³-hybridized carbons (Fsp3) is 0. The monoisotopic (exact) mass is 151 g/mol. The molecular formula is C2H8CaO3P+. The van der Waals surface area contributed by atoms with Gasteiger partial charge in [0.2, 0.25) is 0 Å². The molecule has 7 heavy (non-hydrogen) atoms. The molecule has 5 heteroatoms. The van der Waals surface area contributed by atoms with Crippen LogP contribution in [0.2, 0.25) is 0 Å². The van der Waals surface area contributed by atoms with Crippen molar-refractivity contribution in [3.63, 3.8) is 0 Å². The van der Waals surface area contributed by atoms with E-state index < -0.39 is 8.25 Å². The molecule has 2 N–H and O–H groups in total. The van der Waals surface area contributed by atoms with Crippen LogP contribution in [-0.4, -0.2) is 47.5 Å². The average molecular weight is 151 g/mol. The molecule has 0 radical (unpaired) electrons. The third-order valence-electron chi connectivity index (χ3n) is 0. The fourth-order valence-electron chi connectivity index (χ4n) is 0. The van der Waals surface area contributed by atoms with Crippen LogP contribution in [0.15, 0.2) is 0 Å². The van der Waals surface area contributed by atoms with Crippen LogP contribution in [0.3, 0.4) is 0 Å². The molecule has 0 aliphatic carbocycles. The van der Waals surface area contributed by atoms with E-state index in [1.807, 2.05) is 0 Å². The summed E-state index contributed by atoms with van der Waals surface area (Å²) < 4.78 is 8.70. The van der Waals surface area contributed by atoms with E-state index in [-0.39, 0.29) is 52.6 Å². The second-order valence-corrected chi connectivity index (χ2v) is 0.758. The standard InChI is InChI=1S/2CH3.Ca.HO3P/c;;;1-4(2)3/h2*1H3;;(H-,1,2,3)/q2*-1;+2;/p+1. The molecule has 0 aromatic carbocycles. The SMILES string of the molecule is O=[P+](O)O.[CH3-].[CH3-].[Ca+2]. The summed E-state index contributed by atoms with van der Waals surface area (Å²) in [5.41, 5.74) is 0. The predicted octanol–water partition coefficient (Wildman–Crippen LogP) is 0.148. The van der Waals surface area contributed by atoms with E-state index in [9.17, 15) is 0 Å². The van der Waals surface area contributed by atoms with Gasteiger partial charge in [-0.15, -0.1) is 9.79 Å². The first-order valence-corrected chi connectivity index (χ1v) is 1.75. The van der Waals surface area contributed by atoms with Crippen molar-refractivity contribution in [1.82, 2.24) is 0 Å². The van der Waals surface area contributed by atoms with Gasteiger partial charge in [-0.1, -0.05) is 0 Å². The molecule has 0 bridgehead atoms. The van der Waals surface area contributed by atoms with Crippen LogP contribution in [0, 0.1) is 14.9 Å². The molecule has 0 heterocycles. The van der Waals surface area contributed by atoms with Crippen molar-refractivity contribution >= 4 is 46.0 Å². The Kier molecular flexibility index (Phi) is 53.6. The van der Waals surface area contributed by atoms with Gasteiger partial charge in [-0.2, -0.15) is 0 Å². The van der Waals surface area contributed by atoms with Crippen LogP contribution in [0.25, 0.3) is 0 Å². The molecule has 0 spiro atoms. The Morgan fingerprint density at radius 1 is 1.14 bits per heavy atom. The van der Waals surface area contributed by atoms with Crippen molar-refractivity contribution in [3.05, 3.63) is 14.9 Å². The summed E-state index contributed by atoms with van der Waals surface area (Å²) in [5.74, 6) is 0. The molecule has 0 aliphatic heterocycles. The Hall–Kier alpha value is 1.28. The molecule has 0 saturated heterocycles. The van der Waals surface area contributed by atoms with Crippen molar-refractivity contribution in [2.75, 3.05) is 0 Å². The summed E-state index contributed by atoms with van der Waals surface area (Å²) >= 11 is 0. The molecule has 0 atom stereocenters. The van der Waals surface area contributed by atoms with Crippen molar-refractivity contribution in [1.29, 1.82) is 0 Å². The minimum absolute atomic E-state index is 0. The van der Waals surface area contributed by atoms with Gasteiger partial charge < -0.3 is 14.9 Å². The van der Waals surface area contributed by atoms with E-state index in [2.05, 4.69) is 0 Å². The van der Waals surface area contributed by atoms with Crippen molar-refractivity contribution in [3.8, 4) is 0 Å². The van der Waals surface area contributed by atoms with Gasteiger partial charge in [-0.3, -0.25) is 0 Å². The first-order chi connectivity index (χ1) is 1.73. The molecule has 0 aromatic heterocycles. The Balaban J connectivity index is -0.0000000150. The number of hydrogen-bond acceptors (Lipinski definition) is 1. The van der Waals surface area contributed by atoms with Crippen molar-refractivity contribution < 1.29 is 14.4 Å². The number of hydrogen-bond donors (Lipinski definition) is 2. The van der Waals surface area contributed by atoms with Crippen LogP contribution < -0.4 is 0 Å². The van der Waals surface area contributed by atoms with Crippen molar-refractivity contribution in [2.24, 2.45) is 0 Å². The van der Waals surface area contributed by atoms with Gasteiger partial charge in [0.05, 0.1) is 0 Å². The molecule has 0 aliphatic rings. The summed E-state index contributed by atoms with van der Waals surface area (Å²) in [5, 5.41) is 0. The van der Waals surface area contributed by atoms with Gasteiger partial charge in [0.1, 0.15) is 0 Å². The molecule has 0 unspecified atom stereocenters. The predicted molar refractivity (Wildman–Crippen MR) is 30.6 cm³/mol. The van der Waals surface area contributed by atoms with E-state index in [4.69, 9.17) is 14.4 Å². The second kappa shape index (κ2) is 15.7. The van der Waals surface area contributed by atoms with Gasteiger partial charge in [0.25, 0.3) is 0 Å². The van der Waals surface area contributed by atoms with Crippen LogP contribution in [-0.2, 0) is 4.57 Å². The zero-order chi connectivity index (χ0) is 3.58. The zero-order valence-electron chi connectivity index (χ0n) is 4.46. The molecule has 0 saturated carbocycles. The normalized spacial score (nSPS) is 3.71. The summed E-state index contributed by atoms with van der Waals surface area (Å²) in [6.45, 7) is 0. The molecule has 40 valence electrons. The zero-order valence-corrected chi connectivity index (χ0v) is 7.56. The van der Waals surface area contributed by atoms with Crippen LogP contribution >= 0.6 is 8.25 Å². The largest absolute Gasteiger partial charge is 2.00 e. The van der Waals surface area contributed by atoms with E-state index in [0.29, 0.717) is 0 Å². The van der Waals surface area contributed by atoms with Crippen LogP contribution in [0.1, 0.15) is 0 Å². The minimum Gasteiger partial charge on any atom is -0.358 e. The summed E-state index contributed by atoms with van der Waals surface area (Å²) in [6.07, 6.45) is 0. The molecule has 0 rings (SSSR count). The quantitative estimate of drug-likeness (QED) is 0.294. The van der Waals surface area contributed by atoms with E-state index in [1.54, 1.807) is 0 Å². The van der Waals surface area contributed by atoms with E-state index >= 15 is 0 Å². The van der Waals surface area contributed by atoms with Gasteiger partial charge >= 0.3 is 46.0 Å². The Morgan fingerprint density at radius 3 is 1.14 bits per heavy atom. The van der Waals surface area contributed by atoms with E-state index in [1.165, 1.54) is 0 Å². The molecule has 0 aromatic rings. The van der Waals surface area contributed by atoms with Crippen LogP contribution in [0.4, 0.5) is 0 Å². The third-order valence-corrected chi connectivity index (χ3v) is 0. The molecule has 0 fully saturated rings. The topological polar surface area (TPSA) is 57.5 Å². The average Bonchev–Trinajstić information content (AvgIpc) is 0.811. The maximum absolute atomic E-state index is 8.70.